The predicted molar refractivity (Wildman–Crippen MR) is 80.3 cm³/mol. The van der Waals surface area contributed by atoms with Crippen molar-refractivity contribution in [1.29, 1.82) is 0 Å². The van der Waals surface area contributed by atoms with Crippen LogP contribution in [0.25, 0.3) is 0 Å². The summed E-state index contributed by atoms with van der Waals surface area (Å²) in [6, 6.07) is 2.19. The standard InChI is InChI=1S/C15H18N2O5S.Na/c1-15(2)11(14(21)22)17-12(20)8(13(17)23-15)10(19)9(18)7-5-4-6-16(7)3;/h4-6,8,10-11,13,19H,1-3H3,(H,21,22);/q;+1/p-1/t8-,10-,11+,13-;/m1./s1. The van der Waals surface area contributed by atoms with Crippen LogP contribution in [0.15, 0.2) is 18.3 Å². The van der Waals surface area contributed by atoms with E-state index in [9.17, 15) is 24.6 Å². The number of amides is 1. The summed E-state index contributed by atoms with van der Waals surface area (Å²) in [6.07, 6.45) is 0.190. The second-order valence-corrected chi connectivity index (χ2v) is 8.19. The van der Waals surface area contributed by atoms with Crippen molar-refractivity contribution < 1.29 is 54.2 Å². The molecule has 2 aliphatic heterocycles. The Morgan fingerprint density at radius 2 is 2.04 bits per heavy atom. The third kappa shape index (κ3) is 2.74. The number of carbonyl (C=O) groups excluding carboxylic acids is 3. The van der Waals surface area contributed by atoms with E-state index in [1.54, 1.807) is 43.8 Å². The molecule has 1 aromatic heterocycles. The van der Waals surface area contributed by atoms with Gasteiger partial charge in [-0.25, -0.2) is 0 Å². The fraction of sp³-hybridized carbons (Fsp3) is 0.533. The molecule has 0 unspecified atom stereocenters. The number of thioether (sulfide) groups is 1. The summed E-state index contributed by atoms with van der Waals surface area (Å²) >= 11 is 1.28. The van der Waals surface area contributed by atoms with Crippen LogP contribution in [-0.2, 0) is 16.6 Å². The third-order valence-corrected chi connectivity index (χ3v) is 6.10. The molecule has 0 aromatic carbocycles. The van der Waals surface area contributed by atoms with Gasteiger partial charge in [0.2, 0.25) is 11.7 Å². The Morgan fingerprint density at radius 1 is 1.42 bits per heavy atom. The summed E-state index contributed by atoms with van der Waals surface area (Å²) in [5.74, 6) is -3.30. The summed E-state index contributed by atoms with van der Waals surface area (Å²) in [7, 11) is 1.68. The van der Waals surface area contributed by atoms with Gasteiger partial charge in [-0.15, -0.1) is 11.8 Å². The van der Waals surface area contributed by atoms with E-state index in [1.807, 2.05) is 0 Å². The average molecular weight is 360 g/mol. The molecule has 0 saturated carbocycles. The number of aromatic nitrogens is 1. The Morgan fingerprint density at radius 3 is 2.54 bits per heavy atom. The molecule has 0 spiro atoms. The summed E-state index contributed by atoms with van der Waals surface area (Å²) in [5, 5.41) is 21.2. The van der Waals surface area contributed by atoms with E-state index >= 15 is 0 Å². The number of fused-ring (bicyclic) bond motifs is 1. The largest absolute Gasteiger partial charge is 1.00 e. The normalized spacial score (nSPS) is 28.6. The van der Waals surface area contributed by atoms with Crippen molar-refractivity contribution in [2.75, 3.05) is 0 Å². The van der Waals surface area contributed by atoms with Gasteiger partial charge in [0.25, 0.3) is 0 Å². The number of carboxylic acid groups (broad SMARTS) is 1. The van der Waals surface area contributed by atoms with Gasteiger partial charge in [-0.3, -0.25) is 9.59 Å². The number of Topliss-reactive ketones (excluding diaryl/α,β-unsaturated/α-hetero) is 1. The van der Waals surface area contributed by atoms with Crippen LogP contribution in [0, 0.1) is 5.92 Å². The Labute approximate surface area is 165 Å². The molecule has 1 N–H and O–H groups in total. The van der Waals surface area contributed by atoms with Crippen LogP contribution in [0.5, 0.6) is 0 Å². The molecule has 124 valence electrons. The zero-order valence-electron chi connectivity index (χ0n) is 13.9. The summed E-state index contributed by atoms with van der Waals surface area (Å²) in [4.78, 5) is 37.3. The number of rotatable bonds is 4. The molecule has 7 nitrogen and oxygen atoms in total. The number of ketones is 1. The maximum atomic E-state index is 12.4. The smallest absolute Gasteiger partial charge is 0.548 e. The van der Waals surface area contributed by atoms with Crippen molar-refractivity contribution in [2.24, 2.45) is 13.0 Å². The summed E-state index contributed by atoms with van der Waals surface area (Å²) in [5.41, 5.74) is 0.308. The minimum Gasteiger partial charge on any atom is -0.548 e. The van der Waals surface area contributed by atoms with E-state index in [1.165, 1.54) is 16.7 Å². The predicted octanol–water partition coefficient (Wildman–Crippen LogP) is -4.00. The number of hydrogen-bond acceptors (Lipinski definition) is 6. The fourth-order valence-electron chi connectivity index (χ4n) is 3.35. The number of aliphatic carboxylic acids is 1. The molecule has 1 aromatic rings. The van der Waals surface area contributed by atoms with Crippen molar-refractivity contribution in [1.82, 2.24) is 9.47 Å². The average Bonchev–Trinajstić information content (AvgIpc) is 2.97. The van der Waals surface area contributed by atoms with Crippen molar-refractivity contribution in [3.63, 3.8) is 0 Å². The van der Waals surface area contributed by atoms with Crippen molar-refractivity contribution >= 4 is 29.4 Å². The minimum absolute atomic E-state index is 0. The van der Waals surface area contributed by atoms with Crippen molar-refractivity contribution in [3.8, 4) is 0 Å². The zero-order valence-corrected chi connectivity index (χ0v) is 16.7. The number of aliphatic hydroxyl groups is 1. The van der Waals surface area contributed by atoms with Gasteiger partial charge in [-0.1, -0.05) is 0 Å². The molecule has 3 heterocycles. The maximum absolute atomic E-state index is 12.4. The molecule has 2 aliphatic rings. The van der Waals surface area contributed by atoms with Gasteiger partial charge >= 0.3 is 29.6 Å². The number of carbonyl (C=O) groups is 3. The Bertz CT molecular complexity index is 704. The van der Waals surface area contributed by atoms with Gasteiger partial charge < -0.3 is 24.5 Å². The van der Waals surface area contributed by atoms with Crippen molar-refractivity contribution in [2.45, 2.75) is 36.1 Å². The Kier molecular flexibility index (Phi) is 5.28. The number of nitrogens with zero attached hydrogens (tertiary/aromatic N) is 2. The van der Waals surface area contributed by atoms with Crippen LogP contribution in [0.2, 0.25) is 0 Å². The molecule has 9 heteroatoms. The van der Waals surface area contributed by atoms with Crippen LogP contribution in [0.1, 0.15) is 24.3 Å². The molecule has 3 rings (SSSR count). The first-order chi connectivity index (χ1) is 10.7. The van der Waals surface area contributed by atoms with Crippen molar-refractivity contribution in [3.05, 3.63) is 24.0 Å². The molecule has 4 atom stereocenters. The summed E-state index contributed by atoms with van der Waals surface area (Å²) in [6.45, 7) is 3.43. The SMILES string of the molecule is Cn1cccc1C(=O)[C@H](O)[C@@H]1C(=O)N2[C@@H]1SC(C)(C)[C@@H]2C(=O)[O-].[Na+]. The second kappa shape index (κ2) is 6.49. The van der Waals surface area contributed by atoms with Gasteiger partial charge in [0.15, 0.2) is 0 Å². The Balaban J connectivity index is 0.00000208. The zero-order chi connectivity index (χ0) is 17.1. The van der Waals surface area contributed by atoms with Gasteiger partial charge in [0.1, 0.15) is 12.0 Å². The number of aryl methyl sites for hydroxylation is 1. The van der Waals surface area contributed by atoms with Gasteiger partial charge in [0, 0.05) is 18.0 Å². The maximum Gasteiger partial charge on any atom is 1.00 e. The molecule has 1 amide bonds. The molecule has 0 bridgehead atoms. The molecule has 2 saturated heterocycles. The Hall–Kier alpha value is -0.800. The van der Waals surface area contributed by atoms with E-state index in [0.717, 1.165) is 0 Å². The molecular formula is C15H17N2NaO5S. The second-order valence-electron chi connectivity index (χ2n) is 6.42. The number of carboxylic acids is 1. The first kappa shape index (κ1) is 19.5. The first-order valence-electron chi connectivity index (χ1n) is 7.21. The number of hydrogen-bond donors (Lipinski definition) is 1. The first-order valence-corrected chi connectivity index (χ1v) is 8.09. The van der Waals surface area contributed by atoms with Crippen LogP contribution >= 0.6 is 11.8 Å². The van der Waals surface area contributed by atoms with Crippen LogP contribution < -0.4 is 34.7 Å². The third-order valence-electron chi connectivity index (χ3n) is 4.51. The van der Waals surface area contributed by atoms with E-state index < -0.39 is 45.8 Å². The van der Waals surface area contributed by atoms with Crippen LogP contribution in [0.4, 0.5) is 0 Å². The molecule has 0 aliphatic carbocycles. The van der Waals surface area contributed by atoms with E-state index in [4.69, 9.17) is 0 Å². The number of β-lactam (4-membered cyclic amide) rings is 1. The quantitative estimate of drug-likeness (QED) is 0.334. The van der Waals surface area contributed by atoms with Gasteiger partial charge in [-0.05, 0) is 26.0 Å². The van der Waals surface area contributed by atoms with E-state index in [0.29, 0.717) is 5.69 Å². The van der Waals surface area contributed by atoms with E-state index in [2.05, 4.69) is 0 Å². The molecule has 0 radical (unpaired) electrons. The van der Waals surface area contributed by atoms with Crippen LogP contribution in [0.3, 0.4) is 0 Å². The monoisotopic (exact) mass is 360 g/mol. The van der Waals surface area contributed by atoms with Gasteiger partial charge in [0.05, 0.1) is 23.1 Å². The fourth-order valence-corrected chi connectivity index (χ4v) is 5.06. The van der Waals surface area contributed by atoms with Gasteiger partial charge in [-0.2, -0.15) is 0 Å². The minimum atomic E-state index is -1.49. The topological polar surface area (TPSA) is 103 Å². The molecular weight excluding hydrogens is 343 g/mol. The summed E-state index contributed by atoms with van der Waals surface area (Å²) < 4.78 is 0.837. The molecule has 24 heavy (non-hydrogen) atoms. The molecule has 2 fully saturated rings. The number of aliphatic hydroxyl groups excluding tert-OH is 1. The van der Waals surface area contributed by atoms with Crippen LogP contribution in [-0.4, -0.2) is 54.5 Å². The van der Waals surface area contributed by atoms with E-state index in [-0.39, 0.29) is 29.6 Å².